The van der Waals surface area contributed by atoms with Gasteiger partial charge in [0.2, 0.25) is 5.91 Å². The summed E-state index contributed by atoms with van der Waals surface area (Å²) < 4.78 is 0. The fourth-order valence-corrected chi connectivity index (χ4v) is 2.62. The van der Waals surface area contributed by atoms with Gasteiger partial charge >= 0.3 is 0 Å². The van der Waals surface area contributed by atoms with Crippen molar-refractivity contribution in [1.29, 1.82) is 0 Å². The molecule has 1 atom stereocenters. The Balaban J connectivity index is 1.87. The van der Waals surface area contributed by atoms with Crippen LogP contribution in [0.5, 0.6) is 0 Å². The van der Waals surface area contributed by atoms with Crippen LogP contribution in [0.3, 0.4) is 0 Å². The van der Waals surface area contributed by atoms with Gasteiger partial charge < -0.3 is 11.1 Å². The van der Waals surface area contributed by atoms with E-state index < -0.39 is 5.54 Å². The van der Waals surface area contributed by atoms with Gasteiger partial charge in [0.25, 0.3) is 5.91 Å². The molecule has 1 aromatic carbocycles. The molecule has 3 N–H and O–H groups in total. The van der Waals surface area contributed by atoms with Crippen LogP contribution < -0.4 is 11.1 Å². The molecule has 1 aliphatic rings. The minimum absolute atomic E-state index is 0.107. The van der Waals surface area contributed by atoms with E-state index in [1.165, 1.54) is 23.5 Å². The topological polar surface area (TPSA) is 114 Å². The zero-order valence-electron chi connectivity index (χ0n) is 13.9. The maximum atomic E-state index is 12.2. The third kappa shape index (κ3) is 3.32. The van der Waals surface area contributed by atoms with E-state index in [9.17, 15) is 9.59 Å². The number of carbonyl (C=O) groups is 2. The fraction of sp³-hybridized carbons (Fsp3) is 0.235. The van der Waals surface area contributed by atoms with Crippen LogP contribution in [0.2, 0.25) is 0 Å². The Morgan fingerprint density at radius 1 is 1.36 bits per heavy atom. The maximum Gasteiger partial charge on any atom is 0.275 e. The van der Waals surface area contributed by atoms with Crippen LogP contribution in [-0.2, 0) is 10.3 Å². The van der Waals surface area contributed by atoms with Gasteiger partial charge in [0, 0.05) is 25.1 Å². The average Bonchev–Trinajstić information content (AvgIpc) is 2.60. The smallest absolute Gasteiger partial charge is 0.275 e. The second-order valence-electron chi connectivity index (χ2n) is 6.00. The molecule has 0 saturated carbocycles. The van der Waals surface area contributed by atoms with E-state index in [1.807, 2.05) is 13.0 Å². The minimum Gasteiger partial charge on any atom is -0.369 e. The van der Waals surface area contributed by atoms with Gasteiger partial charge in [0.15, 0.2) is 5.96 Å². The number of nitrogens with two attached hydrogens (primary N) is 1. The van der Waals surface area contributed by atoms with Crippen LogP contribution in [0.1, 0.15) is 29.4 Å². The molecule has 8 nitrogen and oxygen atoms in total. The molecule has 0 aliphatic carbocycles. The molecule has 0 fully saturated rings. The largest absolute Gasteiger partial charge is 0.369 e. The van der Waals surface area contributed by atoms with Crippen molar-refractivity contribution in [3.8, 4) is 0 Å². The second kappa shape index (κ2) is 6.31. The Kier molecular flexibility index (Phi) is 4.18. The van der Waals surface area contributed by atoms with E-state index in [4.69, 9.17) is 5.73 Å². The first kappa shape index (κ1) is 16.6. The predicted octanol–water partition coefficient (Wildman–Crippen LogP) is 1.12. The first-order valence-electron chi connectivity index (χ1n) is 7.69. The van der Waals surface area contributed by atoms with Crippen LogP contribution in [-0.4, -0.2) is 39.7 Å². The van der Waals surface area contributed by atoms with Gasteiger partial charge in [-0.1, -0.05) is 12.1 Å². The lowest BCUT2D eigenvalue weighted by Gasteiger charge is -2.33. The fourth-order valence-electron chi connectivity index (χ4n) is 2.62. The van der Waals surface area contributed by atoms with Crippen LogP contribution in [0.25, 0.3) is 0 Å². The monoisotopic (exact) mass is 338 g/mol. The highest BCUT2D eigenvalue weighted by molar-refractivity contribution is 6.02. The highest BCUT2D eigenvalue weighted by Crippen LogP contribution is 2.34. The number of nitrogens with zero attached hydrogens (tertiary/aromatic N) is 4. The van der Waals surface area contributed by atoms with Crippen molar-refractivity contribution >= 4 is 23.5 Å². The number of carbonyl (C=O) groups excluding carboxylic acids is 2. The molecule has 128 valence electrons. The van der Waals surface area contributed by atoms with Crippen LogP contribution in [0.15, 0.2) is 47.8 Å². The van der Waals surface area contributed by atoms with Crippen molar-refractivity contribution < 1.29 is 9.59 Å². The van der Waals surface area contributed by atoms with E-state index in [2.05, 4.69) is 20.3 Å². The lowest BCUT2D eigenvalue weighted by atomic mass is 9.87. The van der Waals surface area contributed by atoms with Gasteiger partial charge in [-0.05, 0) is 24.6 Å². The van der Waals surface area contributed by atoms with E-state index in [0.29, 0.717) is 5.69 Å². The predicted molar refractivity (Wildman–Crippen MR) is 92.8 cm³/mol. The normalized spacial score (nSPS) is 20.2. The number of benzene rings is 1. The van der Waals surface area contributed by atoms with E-state index in [0.717, 1.165) is 5.56 Å². The summed E-state index contributed by atoms with van der Waals surface area (Å²) in [6, 6.07) is 7.18. The number of hydrogen-bond donors (Lipinski definition) is 2. The standard InChI is InChI=1S/C17H18N6O2/c1-17(9-14(24)23(2)16(18)22-17)11-4-3-5-12(8-11)21-15(25)13-10-19-6-7-20-13/h3-8,10H,9H2,1-2H3,(H2,18,22)(H,21,25)/t17-/m0/s1. The van der Waals surface area contributed by atoms with E-state index >= 15 is 0 Å². The Hall–Kier alpha value is -3.29. The number of amides is 2. The minimum atomic E-state index is -0.777. The Labute approximate surface area is 144 Å². The quantitative estimate of drug-likeness (QED) is 0.870. The molecular formula is C17H18N6O2. The highest BCUT2D eigenvalue weighted by Gasteiger charge is 2.36. The van der Waals surface area contributed by atoms with Crippen LogP contribution in [0.4, 0.5) is 5.69 Å². The van der Waals surface area contributed by atoms with Gasteiger partial charge in [0.1, 0.15) is 5.69 Å². The van der Waals surface area contributed by atoms with E-state index in [-0.39, 0.29) is 29.9 Å². The first-order valence-corrected chi connectivity index (χ1v) is 7.69. The second-order valence-corrected chi connectivity index (χ2v) is 6.00. The molecule has 25 heavy (non-hydrogen) atoms. The summed E-state index contributed by atoms with van der Waals surface area (Å²) in [6.07, 6.45) is 4.54. The Bertz CT molecular complexity index is 851. The van der Waals surface area contributed by atoms with Gasteiger partial charge in [-0.15, -0.1) is 0 Å². The highest BCUT2D eigenvalue weighted by atomic mass is 16.2. The Morgan fingerprint density at radius 2 is 2.16 bits per heavy atom. The van der Waals surface area contributed by atoms with Crippen molar-refractivity contribution in [2.45, 2.75) is 18.9 Å². The third-order valence-corrected chi connectivity index (χ3v) is 4.11. The Morgan fingerprint density at radius 3 is 2.84 bits per heavy atom. The summed E-state index contributed by atoms with van der Waals surface area (Å²) in [6.45, 7) is 1.84. The van der Waals surface area contributed by atoms with Gasteiger partial charge in [0.05, 0.1) is 18.2 Å². The number of aliphatic imine (C=N–C) groups is 1. The molecule has 2 heterocycles. The first-order chi connectivity index (χ1) is 11.9. The average molecular weight is 338 g/mol. The summed E-state index contributed by atoms with van der Waals surface area (Å²) in [5, 5.41) is 2.77. The summed E-state index contributed by atoms with van der Waals surface area (Å²) in [5.41, 5.74) is 6.65. The molecule has 0 spiro atoms. The van der Waals surface area contributed by atoms with Crippen molar-refractivity contribution in [2.75, 3.05) is 12.4 Å². The molecular weight excluding hydrogens is 320 g/mol. The number of anilines is 1. The SMILES string of the molecule is CN1C(=O)C[C@@](C)(c2cccc(NC(=O)c3cnccn3)c2)N=C1N. The molecule has 0 radical (unpaired) electrons. The van der Waals surface area contributed by atoms with Crippen molar-refractivity contribution in [3.05, 3.63) is 54.1 Å². The zero-order chi connectivity index (χ0) is 18.0. The lowest BCUT2D eigenvalue weighted by molar-refractivity contribution is -0.128. The number of rotatable bonds is 3. The van der Waals surface area contributed by atoms with Gasteiger partial charge in [-0.25, -0.2) is 9.98 Å². The maximum absolute atomic E-state index is 12.2. The molecule has 1 aliphatic heterocycles. The van der Waals surface area contributed by atoms with Crippen molar-refractivity contribution in [1.82, 2.24) is 14.9 Å². The zero-order valence-corrected chi connectivity index (χ0v) is 13.9. The van der Waals surface area contributed by atoms with Gasteiger partial charge in [-0.2, -0.15) is 0 Å². The molecule has 0 saturated heterocycles. The number of hydrogen-bond acceptors (Lipinski definition) is 6. The van der Waals surface area contributed by atoms with Crippen molar-refractivity contribution in [2.24, 2.45) is 10.7 Å². The van der Waals surface area contributed by atoms with Crippen LogP contribution in [0, 0.1) is 0 Å². The van der Waals surface area contributed by atoms with Crippen LogP contribution >= 0.6 is 0 Å². The molecule has 2 amide bonds. The summed E-state index contributed by atoms with van der Waals surface area (Å²) in [7, 11) is 1.60. The number of guanidine groups is 1. The van der Waals surface area contributed by atoms with Gasteiger partial charge in [-0.3, -0.25) is 19.5 Å². The molecule has 0 bridgehead atoms. The summed E-state index contributed by atoms with van der Waals surface area (Å²) in [4.78, 5) is 38.0. The molecule has 1 aromatic heterocycles. The molecule has 2 aromatic rings. The summed E-state index contributed by atoms with van der Waals surface area (Å²) >= 11 is 0. The number of nitrogens with one attached hydrogen (secondary N) is 1. The van der Waals surface area contributed by atoms with Crippen molar-refractivity contribution in [3.63, 3.8) is 0 Å². The number of aromatic nitrogens is 2. The third-order valence-electron chi connectivity index (χ3n) is 4.11. The van der Waals surface area contributed by atoms with E-state index in [1.54, 1.807) is 25.2 Å². The lowest BCUT2D eigenvalue weighted by Crippen LogP contribution is -2.47. The molecule has 8 heteroatoms. The molecule has 0 unspecified atom stereocenters. The molecule has 3 rings (SSSR count). The summed E-state index contributed by atoms with van der Waals surface area (Å²) in [5.74, 6) is -0.297.